The Bertz CT molecular complexity index is 542. The third kappa shape index (κ3) is 2.17. The lowest BCUT2D eigenvalue weighted by atomic mass is 10.2. The first kappa shape index (κ1) is 11.7. The number of nitrogens with zero attached hydrogens (tertiary/aromatic N) is 2. The smallest absolute Gasteiger partial charge is 0.240 e. The predicted octanol–water partition coefficient (Wildman–Crippen LogP) is 1.56. The van der Waals surface area contributed by atoms with Gasteiger partial charge in [0.25, 0.3) is 0 Å². The Morgan fingerprint density at radius 3 is 2.88 bits per heavy atom. The number of aromatic nitrogens is 2. The number of nitrogens with two attached hydrogens (primary N) is 1. The topological polar surface area (TPSA) is 94.4 Å². The summed E-state index contributed by atoms with van der Waals surface area (Å²) in [6, 6.07) is 2.89. The van der Waals surface area contributed by atoms with E-state index in [-0.39, 0.29) is 18.0 Å². The Kier molecular flexibility index (Phi) is 3.16. The van der Waals surface area contributed by atoms with E-state index >= 15 is 0 Å². The highest BCUT2D eigenvalue weighted by atomic mass is 35.5. The van der Waals surface area contributed by atoms with Gasteiger partial charge in [-0.3, -0.25) is 0 Å². The van der Waals surface area contributed by atoms with Gasteiger partial charge in [-0.1, -0.05) is 16.8 Å². The maximum Gasteiger partial charge on any atom is 0.240 e. The van der Waals surface area contributed by atoms with Crippen molar-refractivity contribution in [3.8, 4) is 22.9 Å². The zero-order valence-corrected chi connectivity index (χ0v) is 9.73. The minimum absolute atomic E-state index is 0.0520. The number of halogens is 1. The average Bonchev–Trinajstić information content (AvgIpc) is 2.78. The summed E-state index contributed by atoms with van der Waals surface area (Å²) in [6.45, 7) is 0.153. The molecule has 1 heterocycles. The molecule has 6 nitrogen and oxygen atoms in total. The number of phenolic OH excluding ortho intramolecular Hbond substituents is 1. The van der Waals surface area contributed by atoms with Gasteiger partial charge in [0.05, 0.1) is 18.7 Å². The quantitative estimate of drug-likeness (QED) is 0.864. The summed E-state index contributed by atoms with van der Waals surface area (Å²) in [5.74, 6) is 0.837. The zero-order valence-electron chi connectivity index (χ0n) is 8.98. The maximum absolute atomic E-state index is 9.52. The minimum atomic E-state index is -0.0520. The molecular formula is C10H10ClN3O3. The fraction of sp³-hybridized carbons (Fsp3) is 0.200. The van der Waals surface area contributed by atoms with Gasteiger partial charge in [-0.05, 0) is 6.07 Å². The molecule has 0 atom stereocenters. The van der Waals surface area contributed by atoms with E-state index < -0.39 is 0 Å². The van der Waals surface area contributed by atoms with Gasteiger partial charge in [-0.15, -0.1) is 0 Å². The molecule has 1 aromatic carbocycles. The van der Waals surface area contributed by atoms with Gasteiger partial charge in [0, 0.05) is 11.6 Å². The second-order valence-corrected chi connectivity index (χ2v) is 3.63. The maximum atomic E-state index is 9.52. The third-order valence-electron chi connectivity index (χ3n) is 2.15. The Hall–Kier alpha value is -1.79. The number of hydrogen-bond acceptors (Lipinski definition) is 6. The number of hydrogen-bond donors (Lipinski definition) is 2. The van der Waals surface area contributed by atoms with E-state index in [1.165, 1.54) is 19.2 Å². The lowest BCUT2D eigenvalue weighted by Gasteiger charge is -2.06. The van der Waals surface area contributed by atoms with Crippen LogP contribution in [-0.4, -0.2) is 22.4 Å². The average molecular weight is 256 g/mol. The van der Waals surface area contributed by atoms with E-state index in [0.29, 0.717) is 22.3 Å². The summed E-state index contributed by atoms with van der Waals surface area (Å²) in [7, 11) is 1.44. The molecule has 0 spiro atoms. The van der Waals surface area contributed by atoms with Gasteiger partial charge in [-0.25, -0.2) is 0 Å². The third-order valence-corrected chi connectivity index (χ3v) is 2.46. The van der Waals surface area contributed by atoms with Crippen LogP contribution < -0.4 is 10.5 Å². The van der Waals surface area contributed by atoms with Gasteiger partial charge in [0.2, 0.25) is 11.7 Å². The van der Waals surface area contributed by atoms with Gasteiger partial charge < -0.3 is 20.1 Å². The van der Waals surface area contributed by atoms with Crippen molar-refractivity contribution >= 4 is 11.6 Å². The van der Waals surface area contributed by atoms with Crippen LogP contribution in [0, 0.1) is 0 Å². The van der Waals surface area contributed by atoms with Crippen molar-refractivity contribution < 1.29 is 14.4 Å². The van der Waals surface area contributed by atoms with Gasteiger partial charge in [0.15, 0.2) is 11.5 Å². The predicted molar refractivity (Wildman–Crippen MR) is 60.9 cm³/mol. The van der Waals surface area contributed by atoms with Crippen LogP contribution in [0.25, 0.3) is 11.4 Å². The number of ether oxygens (including phenoxy) is 1. The van der Waals surface area contributed by atoms with Crippen LogP contribution in [0.4, 0.5) is 0 Å². The van der Waals surface area contributed by atoms with E-state index in [1.807, 2.05) is 0 Å². The Balaban J connectivity index is 2.50. The fourth-order valence-corrected chi connectivity index (χ4v) is 1.57. The summed E-state index contributed by atoms with van der Waals surface area (Å²) in [6.07, 6.45) is 0. The van der Waals surface area contributed by atoms with Crippen LogP contribution in [-0.2, 0) is 6.54 Å². The molecule has 2 rings (SSSR count). The van der Waals surface area contributed by atoms with Gasteiger partial charge in [0.1, 0.15) is 0 Å². The van der Waals surface area contributed by atoms with Crippen LogP contribution in [0.15, 0.2) is 16.7 Å². The minimum Gasteiger partial charge on any atom is -0.504 e. The highest BCUT2D eigenvalue weighted by Crippen LogP contribution is 2.36. The second kappa shape index (κ2) is 4.60. The van der Waals surface area contributed by atoms with Crippen LogP contribution >= 0.6 is 11.6 Å². The molecule has 0 unspecified atom stereocenters. The molecule has 0 amide bonds. The Morgan fingerprint density at radius 2 is 2.29 bits per heavy atom. The summed E-state index contributed by atoms with van der Waals surface area (Å²) < 4.78 is 9.85. The van der Waals surface area contributed by atoms with Gasteiger partial charge >= 0.3 is 0 Å². The Morgan fingerprint density at radius 1 is 1.53 bits per heavy atom. The molecular weight excluding hydrogens is 246 g/mol. The fourth-order valence-electron chi connectivity index (χ4n) is 1.32. The molecule has 0 fully saturated rings. The molecule has 0 aliphatic rings. The first-order chi connectivity index (χ1) is 8.15. The van der Waals surface area contributed by atoms with E-state index in [1.54, 1.807) is 0 Å². The SMILES string of the molecule is COc1cc(-c2noc(CN)n2)c(Cl)cc1O. The van der Waals surface area contributed by atoms with Crippen molar-refractivity contribution in [2.24, 2.45) is 5.73 Å². The summed E-state index contributed by atoms with van der Waals surface area (Å²) in [5.41, 5.74) is 5.87. The number of rotatable bonds is 3. The normalized spacial score (nSPS) is 10.5. The molecule has 0 radical (unpaired) electrons. The first-order valence-electron chi connectivity index (χ1n) is 4.75. The number of phenols is 1. The summed E-state index contributed by atoms with van der Waals surface area (Å²) in [4.78, 5) is 4.04. The van der Waals surface area contributed by atoms with E-state index in [4.69, 9.17) is 26.6 Å². The largest absolute Gasteiger partial charge is 0.504 e. The van der Waals surface area contributed by atoms with Crippen molar-refractivity contribution in [3.63, 3.8) is 0 Å². The molecule has 1 aromatic heterocycles. The molecule has 0 aliphatic carbocycles. The molecule has 7 heteroatoms. The monoisotopic (exact) mass is 255 g/mol. The van der Waals surface area contributed by atoms with Crippen molar-refractivity contribution in [1.29, 1.82) is 0 Å². The number of methoxy groups -OCH3 is 1. The molecule has 3 N–H and O–H groups in total. The molecule has 2 aromatic rings. The zero-order chi connectivity index (χ0) is 12.4. The van der Waals surface area contributed by atoms with Crippen LogP contribution in [0.5, 0.6) is 11.5 Å². The van der Waals surface area contributed by atoms with Crippen LogP contribution in [0.1, 0.15) is 5.89 Å². The lowest BCUT2D eigenvalue weighted by molar-refractivity contribution is 0.373. The van der Waals surface area contributed by atoms with Crippen molar-refractivity contribution in [3.05, 3.63) is 23.0 Å². The summed E-state index contributed by atoms with van der Waals surface area (Å²) >= 11 is 5.98. The highest BCUT2D eigenvalue weighted by molar-refractivity contribution is 6.33. The summed E-state index contributed by atoms with van der Waals surface area (Å²) in [5, 5.41) is 13.6. The molecule has 0 saturated carbocycles. The standard InChI is InChI=1S/C10H10ClN3O3/c1-16-8-2-5(6(11)3-7(8)15)10-13-9(4-12)17-14-10/h2-3,15H,4,12H2,1H3. The number of benzene rings is 1. The van der Waals surface area contributed by atoms with Crippen LogP contribution in [0.3, 0.4) is 0 Å². The van der Waals surface area contributed by atoms with Crippen molar-refractivity contribution in [1.82, 2.24) is 10.1 Å². The first-order valence-corrected chi connectivity index (χ1v) is 5.13. The van der Waals surface area contributed by atoms with Crippen LogP contribution in [0.2, 0.25) is 5.02 Å². The molecule has 90 valence electrons. The van der Waals surface area contributed by atoms with Crippen molar-refractivity contribution in [2.45, 2.75) is 6.54 Å². The second-order valence-electron chi connectivity index (χ2n) is 3.22. The molecule has 0 aliphatic heterocycles. The van der Waals surface area contributed by atoms with E-state index in [9.17, 15) is 5.11 Å². The van der Waals surface area contributed by atoms with Gasteiger partial charge in [-0.2, -0.15) is 4.98 Å². The Labute approximate surface area is 102 Å². The van der Waals surface area contributed by atoms with E-state index in [0.717, 1.165) is 0 Å². The number of aromatic hydroxyl groups is 1. The lowest BCUT2D eigenvalue weighted by Crippen LogP contribution is -1.95. The van der Waals surface area contributed by atoms with E-state index in [2.05, 4.69) is 10.1 Å². The highest BCUT2D eigenvalue weighted by Gasteiger charge is 2.15. The molecule has 0 bridgehead atoms. The van der Waals surface area contributed by atoms with Crippen molar-refractivity contribution in [2.75, 3.05) is 7.11 Å². The molecule has 17 heavy (non-hydrogen) atoms. The molecule has 0 saturated heterocycles.